The SMILES string of the molecule is C=CCOC(=O)C1=C(S[C@H]2C[C@@H](CN3CCCN(C)S3(=O)=O)N(C(=O)OCC=C)C2)[C@H](C)[C@@H]2[C@@H]([C@@H](C)O)C(=O)N12. The summed E-state index contributed by atoms with van der Waals surface area (Å²) < 4.78 is 39.2. The van der Waals surface area contributed by atoms with Gasteiger partial charge in [-0.2, -0.15) is 17.0 Å². The van der Waals surface area contributed by atoms with Crippen molar-refractivity contribution in [2.75, 3.05) is 46.4 Å². The summed E-state index contributed by atoms with van der Waals surface area (Å²) >= 11 is 1.40. The molecule has 3 fully saturated rings. The number of carbonyl (C=O) groups excluding carboxylic acids is 3. The van der Waals surface area contributed by atoms with Crippen molar-refractivity contribution >= 4 is 39.9 Å². The van der Waals surface area contributed by atoms with E-state index in [1.807, 2.05) is 6.92 Å². The summed E-state index contributed by atoms with van der Waals surface area (Å²) in [6.45, 7) is 11.8. The Morgan fingerprint density at radius 3 is 2.52 bits per heavy atom. The average molecular weight is 599 g/mol. The molecule has 4 aliphatic rings. The van der Waals surface area contributed by atoms with Crippen LogP contribution in [-0.2, 0) is 29.3 Å². The van der Waals surface area contributed by atoms with Gasteiger partial charge in [0.25, 0.3) is 10.2 Å². The lowest BCUT2D eigenvalue weighted by Crippen LogP contribution is -2.63. The molecule has 6 atom stereocenters. The van der Waals surface area contributed by atoms with Gasteiger partial charge in [-0.25, -0.2) is 9.59 Å². The van der Waals surface area contributed by atoms with Crippen LogP contribution in [0.4, 0.5) is 4.79 Å². The van der Waals surface area contributed by atoms with Gasteiger partial charge in [-0.15, -0.1) is 11.8 Å². The summed E-state index contributed by atoms with van der Waals surface area (Å²) in [6, 6.07) is -0.824. The number of nitrogens with zero attached hydrogens (tertiary/aromatic N) is 4. The second-order valence-electron chi connectivity index (χ2n) is 10.5. The number of ether oxygens (including phenoxy) is 2. The minimum atomic E-state index is -3.64. The molecule has 222 valence electrons. The number of aliphatic hydroxyl groups excluding tert-OH is 1. The van der Waals surface area contributed by atoms with Crippen LogP contribution in [0, 0.1) is 11.8 Å². The van der Waals surface area contributed by atoms with Crippen LogP contribution in [-0.4, -0.2) is 120 Å². The fraction of sp³-hybridized carbons (Fsp3) is 0.654. The van der Waals surface area contributed by atoms with Crippen molar-refractivity contribution in [3.8, 4) is 0 Å². The van der Waals surface area contributed by atoms with E-state index in [0.29, 0.717) is 30.8 Å². The van der Waals surface area contributed by atoms with E-state index < -0.39 is 40.3 Å². The molecule has 0 spiro atoms. The van der Waals surface area contributed by atoms with Crippen LogP contribution in [0.2, 0.25) is 0 Å². The van der Waals surface area contributed by atoms with Crippen LogP contribution in [0.25, 0.3) is 0 Å². The van der Waals surface area contributed by atoms with E-state index in [0.717, 1.165) is 0 Å². The molecule has 0 saturated carbocycles. The van der Waals surface area contributed by atoms with Crippen molar-refractivity contribution in [2.24, 2.45) is 11.8 Å². The van der Waals surface area contributed by atoms with Crippen molar-refractivity contribution in [1.29, 1.82) is 0 Å². The molecular formula is C26H38N4O8S2. The number of hydrogen-bond acceptors (Lipinski definition) is 9. The molecule has 0 aliphatic carbocycles. The van der Waals surface area contributed by atoms with Gasteiger partial charge >= 0.3 is 12.1 Å². The highest BCUT2D eigenvalue weighted by Gasteiger charge is 2.60. The normalized spacial score (nSPS) is 31.0. The molecule has 0 radical (unpaired) electrons. The first-order valence-electron chi connectivity index (χ1n) is 13.4. The van der Waals surface area contributed by atoms with E-state index in [4.69, 9.17) is 9.47 Å². The molecule has 0 aromatic rings. The number of rotatable bonds is 10. The van der Waals surface area contributed by atoms with E-state index in [2.05, 4.69) is 13.2 Å². The summed E-state index contributed by atoms with van der Waals surface area (Å²) in [5.41, 5.74) is 0.163. The standard InChI is InChI=1S/C26H38N4O8S2/c1-6-11-37-25(33)22-23(16(3)21-20(17(4)31)24(32)30(21)22)39-19-13-18(29(15-19)26(34)38-12-7-2)14-28-10-8-9-27(5)40(28,35)36/h6-7,16-21,31H,1-2,8-15H2,3-5H3/t16-,17-,18+,19+,20-,21-/m1/s1. The maximum Gasteiger partial charge on any atom is 0.410 e. The van der Waals surface area contributed by atoms with E-state index in [9.17, 15) is 27.9 Å². The molecule has 3 saturated heterocycles. The fourth-order valence-corrected chi connectivity index (χ4v) is 8.97. The zero-order chi connectivity index (χ0) is 29.4. The maximum absolute atomic E-state index is 13.1. The topological polar surface area (TPSA) is 137 Å². The highest BCUT2D eigenvalue weighted by atomic mass is 32.2. The number of esters is 1. The predicted molar refractivity (Wildman–Crippen MR) is 149 cm³/mol. The van der Waals surface area contributed by atoms with Gasteiger partial charge in [-0.1, -0.05) is 32.2 Å². The van der Waals surface area contributed by atoms with Crippen LogP contribution in [0.15, 0.2) is 35.9 Å². The lowest BCUT2D eigenvalue weighted by Gasteiger charge is -2.46. The molecule has 40 heavy (non-hydrogen) atoms. The number of aliphatic hydroxyl groups is 1. The maximum atomic E-state index is 13.1. The summed E-state index contributed by atoms with van der Waals surface area (Å²) in [5.74, 6) is -1.84. The largest absolute Gasteiger partial charge is 0.457 e. The van der Waals surface area contributed by atoms with Gasteiger partial charge in [0.05, 0.1) is 24.1 Å². The zero-order valence-corrected chi connectivity index (χ0v) is 24.7. The van der Waals surface area contributed by atoms with Gasteiger partial charge in [-0.3, -0.25) is 4.79 Å². The first-order chi connectivity index (χ1) is 18.9. The molecule has 4 heterocycles. The zero-order valence-electron chi connectivity index (χ0n) is 23.1. The molecule has 0 aromatic heterocycles. The van der Waals surface area contributed by atoms with Crippen LogP contribution in [0.3, 0.4) is 0 Å². The number of amides is 2. The minimum absolute atomic E-state index is 0.0194. The van der Waals surface area contributed by atoms with E-state index in [-0.39, 0.29) is 55.1 Å². The minimum Gasteiger partial charge on any atom is -0.457 e. The Hall–Kier alpha value is -2.39. The second-order valence-corrected chi connectivity index (χ2v) is 13.9. The molecular weight excluding hydrogens is 560 g/mol. The number of β-lactam (4-membered cyclic amide) rings is 1. The van der Waals surface area contributed by atoms with Gasteiger partial charge in [0, 0.05) is 49.3 Å². The third-order valence-corrected chi connectivity index (χ3v) is 11.3. The van der Waals surface area contributed by atoms with Crippen molar-refractivity contribution in [2.45, 2.75) is 50.1 Å². The Kier molecular flexibility index (Phi) is 9.35. The van der Waals surface area contributed by atoms with E-state index in [1.165, 1.54) is 44.5 Å². The van der Waals surface area contributed by atoms with Gasteiger partial charge in [0.1, 0.15) is 18.9 Å². The van der Waals surface area contributed by atoms with Gasteiger partial charge in [0.2, 0.25) is 5.91 Å². The van der Waals surface area contributed by atoms with E-state index >= 15 is 0 Å². The lowest BCUT2D eigenvalue weighted by atomic mass is 9.79. The molecule has 1 N–H and O–H groups in total. The molecule has 0 aromatic carbocycles. The van der Waals surface area contributed by atoms with Gasteiger partial charge < -0.3 is 24.4 Å². The predicted octanol–water partition coefficient (Wildman–Crippen LogP) is 1.17. The van der Waals surface area contributed by atoms with Crippen LogP contribution in [0.5, 0.6) is 0 Å². The Bertz CT molecular complexity index is 1190. The summed E-state index contributed by atoms with van der Waals surface area (Å²) in [5, 5.41) is 10.0. The molecule has 4 aliphatic heterocycles. The lowest BCUT2D eigenvalue weighted by molar-refractivity contribution is -0.164. The molecule has 14 heteroatoms. The fourth-order valence-electron chi connectivity index (χ4n) is 5.94. The highest BCUT2D eigenvalue weighted by molar-refractivity contribution is 8.03. The first kappa shape index (κ1) is 30.6. The second kappa shape index (κ2) is 12.2. The molecule has 0 bridgehead atoms. The van der Waals surface area contributed by atoms with Crippen molar-refractivity contribution in [3.05, 3.63) is 35.9 Å². The Labute approximate surface area is 239 Å². The molecule has 12 nitrogen and oxygen atoms in total. The molecule has 4 rings (SSSR count). The summed E-state index contributed by atoms with van der Waals surface area (Å²) in [4.78, 5) is 42.7. The first-order valence-corrected chi connectivity index (χ1v) is 15.7. The third kappa shape index (κ3) is 5.56. The smallest absolute Gasteiger partial charge is 0.410 e. The molecule has 2 amide bonds. The number of hydrogen-bond donors (Lipinski definition) is 1. The average Bonchev–Trinajstić information content (AvgIpc) is 3.40. The van der Waals surface area contributed by atoms with Crippen LogP contribution < -0.4 is 0 Å². The van der Waals surface area contributed by atoms with Gasteiger partial charge in [-0.05, 0) is 19.8 Å². The monoisotopic (exact) mass is 598 g/mol. The number of thioether (sulfide) groups is 1. The number of carbonyl (C=O) groups is 3. The van der Waals surface area contributed by atoms with Crippen LogP contribution in [0.1, 0.15) is 26.7 Å². The Morgan fingerprint density at radius 1 is 1.20 bits per heavy atom. The Balaban J connectivity index is 1.60. The number of fused-ring (bicyclic) bond motifs is 1. The van der Waals surface area contributed by atoms with Crippen molar-refractivity contribution in [3.63, 3.8) is 0 Å². The van der Waals surface area contributed by atoms with Crippen molar-refractivity contribution in [1.82, 2.24) is 18.4 Å². The summed E-state index contributed by atoms with van der Waals surface area (Å²) in [6.07, 6.45) is 2.60. The van der Waals surface area contributed by atoms with Gasteiger partial charge in [0.15, 0.2) is 0 Å². The molecule has 0 unspecified atom stereocenters. The summed E-state index contributed by atoms with van der Waals surface area (Å²) in [7, 11) is -2.10. The van der Waals surface area contributed by atoms with Crippen molar-refractivity contribution < 1.29 is 37.4 Å². The number of likely N-dealkylation sites (tertiary alicyclic amines) is 1. The Morgan fingerprint density at radius 2 is 1.88 bits per heavy atom. The quantitative estimate of drug-likeness (QED) is 0.223. The van der Waals surface area contributed by atoms with Crippen LogP contribution >= 0.6 is 11.8 Å². The van der Waals surface area contributed by atoms with E-state index in [1.54, 1.807) is 11.8 Å². The third-order valence-electron chi connectivity index (χ3n) is 7.88. The highest BCUT2D eigenvalue weighted by Crippen LogP contribution is 2.52.